The highest BCUT2D eigenvalue weighted by molar-refractivity contribution is 5.39. The van der Waals surface area contributed by atoms with Crippen molar-refractivity contribution in [1.29, 1.82) is 0 Å². The number of phenols is 2. The van der Waals surface area contributed by atoms with Gasteiger partial charge in [0, 0.05) is 11.8 Å². The van der Waals surface area contributed by atoms with Crippen LogP contribution in [-0.2, 0) is 0 Å². The van der Waals surface area contributed by atoms with Gasteiger partial charge in [0.1, 0.15) is 11.5 Å². The third kappa shape index (κ3) is 3.43. The molecule has 0 fully saturated rings. The lowest BCUT2D eigenvalue weighted by molar-refractivity contribution is 0.474. The van der Waals surface area contributed by atoms with Gasteiger partial charge in [-0.25, -0.2) is 0 Å². The quantitative estimate of drug-likeness (QED) is 0.676. The Balaban J connectivity index is 1.79. The van der Waals surface area contributed by atoms with Crippen LogP contribution in [0.1, 0.15) is 47.9 Å². The van der Waals surface area contributed by atoms with Crippen molar-refractivity contribution >= 4 is 0 Å². The molecule has 3 rings (SSSR count). The van der Waals surface area contributed by atoms with E-state index in [1.54, 1.807) is 24.3 Å². The predicted octanol–water partition coefficient (Wildman–Crippen LogP) is 5.40. The second-order valence-corrected chi connectivity index (χ2v) is 6.29. The van der Waals surface area contributed by atoms with E-state index in [-0.39, 0.29) is 11.8 Å². The Labute approximate surface area is 143 Å². The van der Waals surface area contributed by atoms with E-state index in [1.165, 1.54) is 22.3 Å². The zero-order valence-electron chi connectivity index (χ0n) is 14.0. The molecule has 2 nitrogen and oxygen atoms in total. The molecule has 0 saturated heterocycles. The molecule has 0 amide bonds. The van der Waals surface area contributed by atoms with Gasteiger partial charge in [-0.1, -0.05) is 62.4 Å². The van der Waals surface area contributed by atoms with Crippen LogP contribution in [0.2, 0.25) is 0 Å². The Morgan fingerprint density at radius 3 is 0.917 bits per heavy atom. The fraction of sp³-hybridized carbons (Fsp3) is 0.182. The first-order valence-electron chi connectivity index (χ1n) is 8.22. The molecule has 3 aromatic rings. The van der Waals surface area contributed by atoms with Gasteiger partial charge < -0.3 is 10.2 Å². The molecule has 2 heteroatoms. The van der Waals surface area contributed by atoms with Gasteiger partial charge >= 0.3 is 0 Å². The van der Waals surface area contributed by atoms with E-state index in [4.69, 9.17) is 0 Å². The maximum absolute atomic E-state index is 9.42. The Morgan fingerprint density at radius 1 is 0.458 bits per heavy atom. The molecule has 0 spiro atoms. The number of hydrogen-bond donors (Lipinski definition) is 2. The molecule has 0 bridgehead atoms. The zero-order valence-corrected chi connectivity index (χ0v) is 14.0. The van der Waals surface area contributed by atoms with Crippen molar-refractivity contribution in [1.82, 2.24) is 0 Å². The highest BCUT2D eigenvalue weighted by Gasteiger charge is 2.11. The summed E-state index contributed by atoms with van der Waals surface area (Å²) in [5.41, 5.74) is 4.88. The summed E-state index contributed by atoms with van der Waals surface area (Å²) in [7, 11) is 0. The molecule has 0 heterocycles. The van der Waals surface area contributed by atoms with Crippen LogP contribution < -0.4 is 0 Å². The van der Waals surface area contributed by atoms with Crippen molar-refractivity contribution in [2.45, 2.75) is 25.7 Å². The second-order valence-electron chi connectivity index (χ2n) is 6.29. The van der Waals surface area contributed by atoms with Crippen LogP contribution in [0.25, 0.3) is 0 Å². The van der Waals surface area contributed by atoms with Gasteiger partial charge in [-0.2, -0.15) is 0 Å². The summed E-state index contributed by atoms with van der Waals surface area (Å²) in [5, 5.41) is 18.8. The molecular formula is C22H22O2. The molecule has 0 radical (unpaired) electrons. The first-order valence-corrected chi connectivity index (χ1v) is 8.22. The van der Waals surface area contributed by atoms with Crippen molar-refractivity contribution in [3.63, 3.8) is 0 Å². The first-order chi connectivity index (χ1) is 11.5. The van der Waals surface area contributed by atoms with Crippen LogP contribution in [0, 0.1) is 0 Å². The van der Waals surface area contributed by atoms with Gasteiger partial charge in [0.15, 0.2) is 0 Å². The maximum atomic E-state index is 9.42. The molecule has 0 aromatic heterocycles. The molecule has 3 aromatic carbocycles. The minimum absolute atomic E-state index is 0.281. The van der Waals surface area contributed by atoms with Crippen LogP contribution in [0.4, 0.5) is 0 Å². The number of benzene rings is 3. The lowest BCUT2D eigenvalue weighted by Crippen LogP contribution is -1.99. The normalized spacial score (nSPS) is 13.4. The van der Waals surface area contributed by atoms with E-state index in [0.29, 0.717) is 11.5 Å². The minimum Gasteiger partial charge on any atom is -0.508 e. The SMILES string of the molecule is CC(c1ccc(O)cc1)c1ccc(C(C)c2ccc(O)cc2)cc1. The number of hydrogen-bond acceptors (Lipinski definition) is 2. The summed E-state index contributed by atoms with van der Waals surface area (Å²) in [6, 6.07) is 23.5. The second kappa shape index (κ2) is 6.79. The molecular weight excluding hydrogens is 296 g/mol. The van der Waals surface area contributed by atoms with E-state index in [9.17, 15) is 10.2 Å². The monoisotopic (exact) mass is 318 g/mol. The Morgan fingerprint density at radius 2 is 0.667 bits per heavy atom. The Kier molecular flexibility index (Phi) is 4.57. The van der Waals surface area contributed by atoms with Crippen LogP contribution >= 0.6 is 0 Å². The maximum Gasteiger partial charge on any atom is 0.115 e. The summed E-state index contributed by atoms with van der Waals surface area (Å²) in [6.45, 7) is 4.34. The molecule has 0 aliphatic rings. The molecule has 122 valence electrons. The van der Waals surface area contributed by atoms with Crippen molar-refractivity contribution < 1.29 is 10.2 Å². The van der Waals surface area contributed by atoms with Gasteiger partial charge in [-0.05, 0) is 46.5 Å². The van der Waals surface area contributed by atoms with E-state index < -0.39 is 0 Å². The fourth-order valence-electron chi connectivity index (χ4n) is 2.98. The van der Waals surface area contributed by atoms with Gasteiger partial charge in [0.25, 0.3) is 0 Å². The molecule has 2 unspecified atom stereocenters. The Hall–Kier alpha value is -2.74. The standard InChI is InChI=1S/C22H22O2/c1-15(19-7-11-21(23)12-8-19)17-3-5-18(6-4-17)16(2)20-9-13-22(24)14-10-20/h3-16,23-24H,1-2H3. The lowest BCUT2D eigenvalue weighted by Gasteiger charge is -2.16. The van der Waals surface area contributed by atoms with Crippen molar-refractivity contribution in [2.75, 3.05) is 0 Å². The molecule has 2 N–H and O–H groups in total. The lowest BCUT2D eigenvalue weighted by atomic mass is 9.89. The zero-order chi connectivity index (χ0) is 17.1. The Bertz CT molecular complexity index is 716. The van der Waals surface area contributed by atoms with Gasteiger partial charge in [-0.15, -0.1) is 0 Å². The van der Waals surface area contributed by atoms with E-state index in [2.05, 4.69) is 38.1 Å². The summed E-state index contributed by atoms with van der Waals surface area (Å²) in [5.74, 6) is 1.15. The number of aromatic hydroxyl groups is 2. The van der Waals surface area contributed by atoms with Crippen LogP contribution in [0.3, 0.4) is 0 Å². The third-order valence-corrected chi connectivity index (χ3v) is 4.72. The van der Waals surface area contributed by atoms with E-state index in [1.807, 2.05) is 24.3 Å². The smallest absolute Gasteiger partial charge is 0.115 e. The first kappa shape index (κ1) is 16.1. The number of rotatable bonds is 4. The summed E-state index contributed by atoms with van der Waals surface area (Å²) in [4.78, 5) is 0. The van der Waals surface area contributed by atoms with Crippen LogP contribution in [0.5, 0.6) is 11.5 Å². The van der Waals surface area contributed by atoms with Gasteiger partial charge in [-0.3, -0.25) is 0 Å². The average molecular weight is 318 g/mol. The molecule has 2 atom stereocenters. The largest absolute Gasteiger partial charge is 0.508 e. The van der Waals surface area contributed by atoms with E-state index >= 15 is 0 Å². The van der Waals surface area contributed by atoms with Crippen LogP contribution in [0.15, 0.2) is 72.8 Å². The molecule has 0 aliphatic heterocycles. The highest BCUT2D eigenvalue weighted by atomic mass is 16.3. The summed E-state index contributed by atoms with van der Waals surface area (Å²) >= 11 is 0. The van der Waals surface area contributed by atoms with Crippen molar-refractivity contribution in [3.05, 3.63) is 95.1 Å². The third-order valence-electron chi connectivity index (χ3n) is 4.72. The minimum atomic E-state index is 0.281. The topological polar surface area (TPSA) is 40.5 Å². The average Bonchev–Trinajstić information content (AvgIpc) is 2.62. The van der Waals surface area contributed by atoms with Gasteiger partial charge in [0.2, 0.25) is 0 Å². The van der Waals surface area contributed by atoms with Gasteiger partial charge in [0.05, 0.1) is 0 Å². The van der Waals surface area contributed by atoms with E-state index in [0.717, 1.165) is 0 Å². The van der Waals surface area contributed by atoms with Crippen molar-refractivity contribution in [2.24, 2.45) is 0 Å². The molecule has 0 aliphatic carbocycles. The summed E-state index contributed by atoms with van der Waals surface area (Å²) in [6.07, 6.45) is 0. The number of phenolic OH excluding ortho intramolecular Hbond substituents is 2. The summed E-state index contributed by atoms with van der Waals surface area (Å²) < 4.78 is 0. The fourth-order valence-corrected chi connectivity index (χ4v) is 2.98. The van der Waals surface area contributed by atoms with Crippen LogP contribution in [-0.4, -0.2) is 10.2 Å². The molecule has 0 saturated carbocycles. The predicted molar refractivity (Wildman–Crippen MR) is 97.7 cm³/mol. The highest BCUT2D eigenvalue weighted by Crippen LogP contribution is 2.29. The molecule has 24 heavy (non-hydrogen) atoms. The van der Waals surface area contributed by atoms with Crippen molar-refractivity contribution in [3.8, 4) is 11.5 Å².